The van der Waals surface area contributed by atoms with Crippen molar-refractivity contribution in [2.75, 3.05) is 26.2 Å². The third kappa shape index (κ3) is 3.40. The lowest BCUT2D eigenvalue weighted by Gasteiger charge is -2.13. The lowest BCUT2D eigenvalue weighted by molar-refractivity contribution is -0.121. The number of likely N-dealkylation sites (tertiary alicyclic amines) is 1. The summed E-state index contributed by atoms with van der Waals surface area (Å²) in [6.07, 6.45) is 0.950. The number of nitrogens with zero attached hydrogens (tertiary/aromatic N) is 2. The molecule has 5 heteroatoms. The van der Waals surface area contributed by atoms with Gasteiger partial charge in [-0.25, -0.2) is 0 Å². The van der Waals surface area contributed by atoms with Gasteiger partial charge in [-0.1, -0.05) is 0 Å². The maximum atomic E-state index is 11.1. The second-order valence-electron chi connectivity index (χ2n) is 3.22. The van der Waals surface area contributed by atoms with Crippen molar-refractivity contribution in [3.63, 3.8) is 0 Å². The number of nitrogens with one attached hydrogen (secondary N) is 1. The molecule has 0 aromatic carbocycles. The number of amides is 1. The van der Waals surface area contributed by atoms with Crippen molar-refractivity contribution in [2.45, 2.75) is 12.5 Å². The molecule has 1 rings (SSSR count). The van der Waals surface area contributed by atoms with E-state index in [4.69, 9.17) is 11.0 Å². The van der Waals surface area contributed by atoms with Gasteiger partial charge >= 0.3 is 0 Å². The second kappa shape index (κ2) is 4.80. The summed E-state index contributed by atoms with van der Waals surface area (Å²) in [6, 6.07) is 2.06. The molecule has 1 aliphatic rings. The van der Waals surface area contributed by atoms with E-state index in [-0.39, 0.29) is 18.5 Å². The Kier molecular flexibility index (Phi) is 3.68. The van der Waals surface area contributed by atoms with Crippen LogP contribution < -0.4 is 11.1 Å². The summed E-state index contributed by atoms with van der Waals surface area (Å²) >= 11 is 0. The van der Waals surface area contributed by atoms with E-state index in [1.807, 2.05) is 11.0 Å². The highest BCUT2D eigenvalue weighted by molar-refractivity contribution is 5.78. The van der Waals surface area contributed by atoms with Crippen LogP contribution >= 0.6 is 0 Å². The number of hydrogen-bond donors (Lipinski definition) is 2. The van der Waals surface area contributed by atoms with Crippen molar-refractivity contribution >= 4 is 5.91 Å². The third-order valence-electron chi connectivity index (χ3n) is 2.04. The molecule has 72 valence electrons. The zero-order chi connectivity index (χ0) is 9.68. The molecule has 1 saturated heterocycles. The Labute approximate surface area is 77.5 Å². The predicted molar refractivity (Wildman–Crippen MR) is 47.7 cm³/mol. The predicted octanol–water partition coefficient (Wildman–Crippen LogP) is -1.34. The molecule has 5 nitrogen and oxygen atoms in total. The number of nitriles is 1. The van der Waals surface area contributed by atoms with Crippen LogP contribution in [0.5, 0.6) is 0 Å². The minimum atomic E-state index is -0.101. The van der Waals surface area contributed by atoms with Gasteiger partial charge in [0, 0.05) is 19.1 Å². The van der Waals surface area contributed by atoms with Gasteiger partial charge in [0.05, 0.1) is 12.6 Å². The average molecular weight is 182 g/mol. The van der Waals surface area contributed by atoms with Crippen LogP contribution in [0.1, 0.15) is 6.42 Å². The minimum absolute atomic E-state index is 0.0821. The van der Waals surface area contributed by atoms with Crippen molar-refractivity contribution in [1.29, 1.82) is 5.26 Å². The molecule has 13 heavy (non-hydrogen) atoms. The summed E-state index contributed by atoms with van der Waals surface area (Å²) in [5, 5.41) is 10.7. The Morgan fingerprint density at radius 1 is 1.77 bits per heavy atom. The molecule has 0 spiro atoms. The van der Waals surface area contributed by atoms with Crippen LogP contribution in [0.4, 0.5) is 0 Å². The first kappa shape index (κ1) is 9.96. The third-order valence-corrected chi connectivity index (χ3v) is 2.04. The number of hydrogen-bond acceptors (Lipinski definition) is 4. The summed E-state index contributed by atoms with van der Waals surface area (Å²) in [5.74, 6) is -0.101. The Bertz CT molecular complexity index is 223. The average Bonchev–Trinajstić information content (AvgIpc) is 2.48. The van der Waals surface area contributed by atoms with Crippen molar-refractivity contribution in [1.82, 2.24) is 10.2 Å². The first-order valence-electron chi connectivity index (χ1n) is 4.34. The van der Waals surface area contributed by atoms with E-state index in [1.54, 1.807) is 0 Å². The fourth-order valence-corrected chi connectivity index (χ4v) is 1.40. The summed E-state index contributed by atoms with van der Waals surface area (Å²) in [4.78, 5) is 13.1. The summed E-state index contributed by atoms with van der Waals surface area (Å²) in [6.45, 7) is 2.09. The van der Waals surface area contributed by atoms with E-state index in [9.17, 15) is 4.79 Å². The molecule has 0 aromatic heterocycles. The summed E-state index contributed by atoms with van der Waals surface area (Å²) in [5.41, 5.74) is 5.68. The van der Waals surface area contributed by atoms with E-state index in [0.717, 1.165) is 19.5 Å². The molecular formula is C8H14N4O. The molecule has 0 radical (unpaired) electrons. The Morgan fingerprint density at radius 3 is 3.08 bits per heavy atom. The molecule has 0 saturated carbocycles. The van der Waals surface area contributed by atoms with E-state index in [1.165, 1.54) is 0 Å². The first-order chi connectivity index (χ1) is 6.22. The zero-order valence-electron chi connectivity index (χ0n) is 7.49. The summed E-state index contributed by atoms with van der Waals surface area (Å²) in [7, 11) is 0. The molecule has 1 atom stereocenters. The highest BCUT2D eigenvalue weighted by atomic mass is 16.2. The van der Waals surface area contributed by atoms with E-state index < -0.39 is 0 Å². The smallest absolute Gasteiger partial charge is 0.235 e. The molecular weight excluding hydrogens is 168 g/mol. The molecule has 0 aliphatic carbocycles. The second-order valence-corrected chi connectivity index (χ2v) is 3.22. The molecule has 1 fully saturated rings. The lowest BCUT2D eigenvalue weighted by atomic mass is 10.3. The van der Waals surface area contributed by atoms with Gasteiger partial charge < -0.3 is 11.1 Å². The van der Waals surface area contributed by atoms with Crippen molar-refractivity contribution < 1.29 is 4.79 Å². The fraction of sp³-hybridized carbons (Fsp3) is 0.750. The highest BCUT2D eigenvalue weighted by Crippen LogP contribution is 2.05. The maximum absolute atomic E-state index is 11.1. The van der Waals surface area contributed by atoms with Crippen LogP contribution in [-0.2, 0) is 4.79 Å². The Balaban J connectivity index is 2.18. The molecule has 1 amide bonds. The van der Waals surface area contributed by atoms with E-state index in [2.05, 4.69) is 5.32 Å². The SMILES string of the molecule is N#CCNC(=O)CN1CC[C@H](N)C1. The van der Waals surface area contributed by atoms with Gasteiger partial charge in [-0.05, 0) is 6.42 Å². The highest BCUT2D eigenvalue weighted by Gasteiger charge is 2.20. The topological polar surface area (TPSA) is 82.2 Å². The number of rotatable bonds is 3. The Morgan fingerprint density at radius 2 is 2.54 bits per heavy atom. The number of carbonyl (C=O) groups excluding carboxylic acids is 1. The molecule has 0 unspecified atom stereocenters. The number of nitrogens with two attached hydrogens (primary N) is 1. The zero-order valence-corrected chi connectivity index (χ0v) is 7.49. The quantitative estimate of drug-likeness (QED) is 0.529. The standard InChI is InChI=1S/C8H14N4O/c9-2-3-11-8(13)6-12-4-1-7(10)5-12/h7H,1,3-6,10H2,(H,11,13)/t7-/m0/s1. The Hall–Kier alpha value is -1.12. The van der Waals surface area contributed by atoms with Crippen LogP contribution in [0.25, 0.3) is 0 Å². The molecule has 1 heterocycles. The molecule has 0 aromatic rings. The molecule has 1 aliphatic heterocycles. The van der Waals surface area contributed by atoms with Crippen LogP contribution in [0.15, 0.2) is 0 Å². The largest absolute Gasteiger partial charge is 0.342 e. The monoisotopic (exact) mass is 182 g/mol. The maximum Gasteiger partial charge on any atom is 0.235 e. The van der Waals surface area contributed by atoms with Crippen LogP contribution in [0.2, 0.25) is 0 Å². The van der Waals surface area contributed by atoms with Gasteiger partial charge in [-0.15, -0.1) is 0 Å². The van der Waals surface area contributed by atoms with E-state index >= 15 is 0 Å². The van der Waals surface area contributed by atoms with Crippen molar-refractivity contribution in [3.8, 4) is 6.07 Å². The van der Waals surface area contributed by atoms with Gasteiger partial charge in [0.25, 0.3) is 0 Å². The fourth-order valence-electron chi connectivity index (χ4n) is 1.40. The van der Waals surface area contributed by atoms with Crippen LogP contribution in [0.3, 0.4) is 0 Å². The van der Waals surface area contributed by atoms with Gasteiger partial charge in [-0.3, -0.25) is 9.69 Å². The van der Waals surface area contributed by atoms with Crippen molar-refractivity contribution in [2.24, 2.45) is 5.73 Å². The first-order valence-corrected chi connectivity index (χ1v) is 4.34. The summed E-state index contributed by atoms with van der Waals surface area (Å²) < 4.78 is 0. The van der Waals surface area contributed by atoms with Gasteiger partial charge in [-0.2, -0.15) is 5.26 Å². The molecule has 3 N–H and O–H groups in total. The number of carbonyl (C=O) groups is 1. The van der Waals surface area contributed by atoms with Gasteiger partial charge in [0.15, 0.2) is 0 Å². The lowest BCUT2D eigenvalue weighted by Crippen LogP contribution is -2.37. The van der Waals surface area contributed by atoms with Crippen molar-refractivity contribution in [3.05, 3.63) is 0 Å². The van der Waals surface area contributed by atoms with Gasteiger partial charge in [0.2, 0.25) is 5.91 Å². The minimum Gasteiger partial charge on any atom is -0.342 e. The van der Waals surface area contributed by atoms with E-state index in [0.29, 0.717) is 6.54 Å². The van der Waals surface area contributed by atoms with Crippen LogP contribution in [-0.4, -0.2) is 43.0 Å². The van der Waals surface area contributed by atoms with Crippen LogP contribution in [0, 0.1) is 11.3 Å². The van der Waals surface area contributed by atoms with Gasteiger partial charge in [0.1, 0.15) is 6.54 Å². The normalized spacial score (nSPS) is 22.6. The molecule has 0 bridgehead atoms.